The summed E-state index contributed by atoms with van der Waals surface area (Å²) in [5.41, 5.74) is 1.24. The highest BCUT2D eigenvalue weighted by molar-refractivity contribution is 6.12. The fourth-order valence-electron chi connectivity index (χ4n) is 3.72. The van der Waals surface area contributed by atoms with Crippen molar-refractivity contribution in [1.29, 1.82) is 0 Å². The van der Waals surface area contributed by atoms with Crippen molar-refractivity contribution in [3.63, 3.8) is 0 Å². The fourth-order valence-corrected chi connectivity index (χ4v) is 3.72. The van der Waals surface area contributed by atoms with E-state index < -0.39 is 0 Å². The SMILES string of the molecule is O=C(c1ccccc1)c1ccc(=O)n2c1N[C@@H]1CCCC[C@@H]12. The van der Waals surface area contributed by atoms with E-state index in [1.165, 1.54) is 12.5 Å². The first-order valence-corrected chi connectivity index (χ1v) is 7.87. The molecule has 4 nitrogen and oxygen atoms in total. The van der Waals surface area contributed by atoms with Crippen molar-refractivity contribution in [3.05, 3.63) is 63.9 Å². The Balaban J connectivity index is 1.82. The van der Waals surface area contributed by atoms with Gasteiger partial charge in [0.05, 0.1) is 11.6 Å². The van der Waals surface area contributed by atoms with Crippen LogP contribution in [0.3, 0.4) is 0 Å². The summed E-state index contributed by atoms with van der Waals surface area (Å²) in [5.74, 6) is 0.675. The number of hydrogen-bond acceptors (Lipinski definition) is 3. The molecule has 1 aromatic carbocycles. The summed E-state index contributed by atoms with van der Waals surface area (Å²) >= 11 is 0. The number of hydrogen-bond donors (Lipinski definition) is 1. The highest BCUT2D eigenvalue weighted by atomic mass is 16.1. The van der Waals surface area contributed by atoms with Gasteiger partial charge in [0.2, 0.25) is 0 Å². The minimum Gasteiger partial charge on any atom is -0.366 e. The van der Waals surface area contributed by atoms with Crippen LogP contribution in [0, 0.1) is 0 Å². The molecule has 1 N–H and O–H groups in total. The van der Waals surface area contributed by atoms with Crippen LogP contribution >= 0.6 is 0 Å². The Bertz CT molecular complexity index is 779. The molecule has 0 saturated heterocycles. The van der Waals surface area contributed by atoms with E-state index >= 15 is 0 Å². The van der Waals surface area contributed by atoms with Crippen molar-refractivity contribution in [1.82, 2.24) is 4.57 Å². The van der Waals surface area contributed by atoms with Crippen LogP contribution in [0.25, 0.3) is 0 Å². The van der Waals surface area contributed by atoms with E-state index in [-0.39, 0.29) is 23.4 Å². The smallest absolute Gasteiger partial charge is 0.252 e. The van der Waals surface area contributed by atoms with Crippen molar-refractivity contribution < 1.29 is 4.79 Å². The van der Waals surface area contributed by atoms with Crippen LogP contribution in [0.4, 0.5) is 5.82 Å². The van der Waals surface area contributed by atoms with Crippen LogP contribution < -0.4 is 10.9 Å². The second-order valence-electron chi connectivity index (χ2n) is 6.10. The van der Waals surface area contributed by atoms with E-state index in [1.807, 2.05) is 30.3 Å². The standard InChI is InChI=1S/C18H18N2O2/c21-16-11-10-13(17(22)12-6-2-1-3-7-12)18-19-14-8-4-5-9-15(14)20(16)18/h1-3,6-7,10-11,14-15,19H,4-5,8-9H2/t14-,15+/m1/s1. The predicted molar refractivity (Wildman–Crippen MR) is 85.5 cm³/mol. The molecule has 112 valence electrons. The van der Waals surface area contributed by atoms with Crippen molar-refractivity contribution >= 4 is 11.6 Å². The van der Waals surface area contributed by atoms with E-state index in [0.29, 0.717) is 16.9 Å². The van der Waals surface area contributed by atoms with Gasteiger partial charge < -0.3 is 5.32 Å². The lowest BCUT2D eigenvalue weighted by molar-refractivity contribution is 0.103. The molecular formula is C18H18N2O2. The number of rotatable bonds is 2. The number of nitrogens with zero attached hydrogens (tertiary/aromatic N) is 1. The zero-order valence-electron chi connectivity index (χ0n) is 12.3. The van der Waals surface area contributed by atoms with Crippen LogP contribution in [0.1, 0.15) is 47.6 Å². The van der Waals surface area contributed by atoms with Crippen molar-refractivity contribution in [2.24, 2.45) is 0 Å². The van der Waals surface area contributed by atoms with Gasteiger partial charge in [-0.25, -0.2) is 0 Å². The summed E-state index contributed by atoms with van der Waals surface area (Å²) in [4.78, 5) is 25.1. The van der Waals surface area contributed by atoms with E-state index in [0.717, 1.165) is 19.3 Å². The molecule has 2 aromatic rings. The Labute approximate surface area is 128 Å². The third-order valence-corrected chi connectivity index (χ3v) is 4.79. The van der Waals surface area contributed by atoms with Gasteiger partial charge in [-0.15, -0.1) is 0 Å². The number of carbonyl (C=O) groups is 1. The van der Waals surface area contributed by atoms with Gasteiger partial charge in [-0.3, -0.25) is 14.2 Å². The normalized spacial score (nSPS) is 22.5. The summed E-state index contributed by atoms with van der Waals surface area (Å²) in [6.07, 6.45) is 4.39. The monoisotopic (exact) mass is 294 g/mol. The van der Waals surface area contributed by atoms with Crippen LogP contribution in [0.15, 0.2) is 47.3 Å². The minimum absolute atomic E-state index is 0.0125. The van der Waals surface area contributed by atoms with Gasteiger partial charge in [0.15, 0.2) is 5.78 Å². The van der Waals surface area contributed by atoms with Gasteiger partial charge in [0.25, 0.3) is 5.56 Å². The molecule has 1 fully saturated rings. The Morgan fingerprint density at radius 2 is 1.82 bits per heavy atom. The highest BCUT2D eigenvalue weighted by Crippen LogP contribution is 2.38. The Kier molecular flexibility index (Phi) is 3.10. The summed E-state index contributed by atoms with van der Waals surface area (Å²) in [6, 6.07) is 12.9. The molecule has 22 heavy (non-hydrogen) atoms. The lowest BCUT2D eigenvalue weighted by atomic mass is 9.91. The number of pyridine rings is 1. The number of aromatic nitrogens is 1. The molecule has 0 unspecified atom stereocenters. The maximum atomic E-state index is 12.8. The molecule has 2 aliphatic rings. The van der Waals surface area contributed by atoms with Gasteiger partial charge in [-0.2, -0.15) is 0 Å². The fraction of sp³-hybridized carbons (Fsp3) is 0.333. The van der Waals surface area contributed by atoms with Gasteiger partial charge in [-0.05, 0) is 18.9 Å². The maximum Gasteiger partial charge on any atom is 0.252 e. The quantitative estimate of drug-likeness (QED) is 0.866. The van der Waals surface area contributed by atoms with Gasteiger partial charge in [0, 0.05) is 17.7 Å². The average Bonchev–Trinajstić information content (AvgIpc) is 2.95. The van der Waals surface area contributed by atoms with Crippen molar-refractivity contribution in [2.75, 3.05) is 5.32 Å². The second kappa shape index (κ2) is 5.13. The average molecular weight is 294 g/mol. The molecule has 0 radical (unpaired) electrons. The lowest BCUT2D eigenvalue weighted by Gasteiger charge is -2.25. The molecular weight excluding hydrogens is 276 g/mol. The molecule has 0 bridgehead atoms. The molecule has 4 rings (SSSR count). The van der Waals surface area contributed by atoms with Crippen molar-refractivity contribution in [2.45, 2.75) is 37.8 Å². The van der Waals surface area contributed by atoms with Gasteiger partial charge in [0.1, 0.15) is 5.82 Å². The molecule has 0 spiro atoms. The summed E-state index contributed by atoms with van der Waals surface area (Å²) in [5, 5.41) is 3.44. The van der Waals surface area contributed by atoms with E-state index in [9.17, 15) is 9.59 Å². The van der Waals surface area contributed by atoms with Crippen molar-refractivity contribution in [3.8, 4) is 0 Å². The first-order chi connectivity index (χ1) is 10.8. The summed E-state index contributed by atoms with van der Waals surface area (Å²) < 4.78 is 1.81. The Hall–Kier alpha value is -2.36. The highest BCUT2D eigenvalue weighted by Gasteiger charge is 2.36. The molecule has 1 aromatic heterocycles. The maximum absolute atomic E-state index is 12.8. The molecule has 0 amide bonds. The van der Waals surface area contributed by atoms with Gasteiger partial charge >= 0.3 is 0 Å². The zero-order valence-corrected chi connectivity index (χ0v) is 12.3. The topological polar surface area (TPSA) is 51.1 Å². The van der Waals surface area contributed by atoms with E-state index in [1.54, 1.807) is 10.6 Å². The van der Waals surface area contributed by atoms with Crippen LogP contribution in [0.2, 0.25) is 0 Å². The third kappa shape index (κ3) is 1.98. The molecule has 2 atom stereocenters. The van der Waals surface area contributed by atoms with Crippen LogP contribution in [-0.2, 0) is 0 Å². The zero-order chi connectivity index (χ0) is 15.1. The minimum atomic E-state index is -0.0319. The molecule has 4 heteroatoms. The largest absolute Gasteiger partial charge is 0.366 e. The Morgan fingerprint density at radius 3 is 2.64 bits per heavy atom. The number of benzene rings is 1. The summed E-state index contributed by atoms with van der Waals surface area (Å²) in [6.45, 7) is 0. The predicted octanol–water partition coefficient (Wildman–Crippen LogP) is 2.99. The third-order valence-electron chi connectivity index (χ3n) is 4.79. The number of carbonyl (C=O) groups excluding carboxylic acids is 1. The summed E-state index contributed by atoms with van der Waals surface area (Å²) in [7, 11) is 0. The molecule has 2 heterocycles. The van der Waals surface area contributed by atoms with E-state index in [2.05, 4.69) is 5.32 Å². The lowest BCUT2D eigenvalue weighted by Crippen LogP contribution is -2.29. The molecule has 1 aliphatic heterocycles. The molecule has 1 saturated carbocycles. The second-order valence-corrected chi connectivity index (χ2v) is 6.10. The van der Waals surface area contributed by atoms with E-state index in [4.69, 9.17) is 0 Å². The van der Waals surface area contributed by atoms with Crippen LogP contribution in [0.5, 0.6) is 0 Å². The number of nitrogens with one attached hydrogen (secondary N) is 1. The Morgan fingerprint density at radius 1 is 1.05 bits per heavy atom. The van der Waals surface area contributed by atoms with Gasteiger partial charge in [-0.1, -0.05) is 43.2 Å². The first kappa shape index (κ1) is 13.3. The number of anilines is 1. The van der Waals surface area contributed by atoms with Crippen LogP contribution in [-0.4, -0.2) is 16.4 Å². The number of fused-ring (bicyclic) bond motifs is 3. The number of ketones is 1. The molecule has 1 aliphatic carbocycles. The first-order valence-electron chi connectivity index (χ1n) is 7.87.